The average Bonchev–Trinajstić information content (AvgIpc) is 3.29. The molecule has 1 saturated carbocycles. The Morgan fingerprint density at radius 3 is 2.50 bits per heavy atom. The quantitative estimate of drug-likeness (QED) is 0.284. The summed E-state index contributed by atoms with van der Waals surface area (Å²) in [4.78, 5) is 16.7. The third kappa shape index (κ3) is 4.07. The van der Waals surface area contributed by atoms with Crippen LogP contribution in [0.25, 0.3) is 27.6 Å². The van der Waals surface area contributed by atoms with Gasteiger partial charge in [-0.3, -0.25) is 4.79 Å². The highest BCUT2D eigenvalue weighted by Gasteiger charge is 2.42. The van der Waals surface area contributed by atoms with Gasteiger partial charge in [-0.1, -0.05) is 54.6 Å². The molecular weight excluding hydrogens is 446 g/mol. The number of allylic oxidation sites excluding steroid dienone is 2. The van der Waals surface area contributed by atoms with Crippen molar-refractivity contribution in [3.8, 4) is 16.9 Å². The maximum Gasteiger partial charge on any atom is 0.251 e. The lowest BCUT2D eigenvalue weighted by atomic mass is 9.69. The second kappa shape index (κ2) is 9.42. The Morgan fingerprint density at radius 1 is 0.972 bits per heavy atom. The SMILES string of the molecule is O=C(NCCOc1ccccc1)c1ccc2[nH]c(C3=CC=CNC34CCC4)c(-c3ccccc3)c2c1. The lowest BCUT2D eigenvalue weighted by Crippen LogP contribution is -2.50. The van der Waals surface area contributed by atoms with Gasteiger partial charge in [0.2, 0.25) is 0 Å². The van der Waals surface area contributed by atoms with E-state index in [-0.39, 0.29) is 11.4 Å². The minimum absolute atomic E-state index is 0.0158. The van der Waals surface area contributed by atoms with Crippen molar-refractivity contribution in [1.29, 1.82) is 0 Å². The van der Waals surface area contributed by atoms with Crippen molar-refractivity contribution in [1.82, 2.24) is 15.6 Å². The van der Waals surface area contributed by atoms with Crippen molar-refractivity contribution in [2.45, 2.75) is 24.8 Å². The zero-order chi connectivity index (χ0) is 24.4. The van der Waals surface area contributed by atoms with E-state index >= 15 is 0 Å². The number of hydrogen-bond acceptors (Lipinski definition) is 3. The molecular formula is C31H29N3O2. The highest BCUT2D eigenvalue weighted by atomic mass is 16.5. The predicted octanol–water partition coefficient (Wildman–Crippen LogP) is 6.07. The maximum atomic E-state index is 13.0. The molecule has 0 radical (unpaired) electrons. The molecule has 6 rings (SSSR count). The number of dihydropyridines is 1. The summed E-state index contributed by atoms with van der Waals surface area (Å²) in [6, 6.07) is 26.0. The van der Waals surface area contributed by atoms with Crippen molar-refractivity contribution < 1.29 is 9.53 Å². The standard InChI is InChI=1S/C31H29N3O2/c35-30(32-19-20-36-24-11-5-2-6-12-24)23-14-15-27-25(21-23)28(22-9-3-1-4-10-22)29(34-27)26-13-7-18-33-31(26)16-8-17-31/h1-7,9-15,18,21,33-34H,8,16-17,19-20H2,(H,32,35). The van der Waals surface area contributed by atoms with E-state index in [0.717, 1.165) is 46.3 Å². The summed E-state index contributed by atoms with van der Waals surface area (Å²) in [6.07, 6.45) is 9.81. The lowest BCUT2D eigenvalue weighted by Gasteiger charge is -2.45. The molecule has 1 aliphatic heterocycles. The van der Waals surface area contributed by atoms with Crippen LogP contribution in [-0.2, 0) is 0 Å². The molecule has 180 valence electrons. The number of nitrogens with one attached hydrogen (secondary N) is 3. The van der Waals surface area contributed by atoms with E-state index < -0.39 is 0 Å². The van der Waals surface area contributed by atoms with Crippen molar-refractivity contribution in [3.63, 3.8) is 0 Å². The molecule has 4 aromatic rings. The van der Waals surface area contributed by atoms with Crippen LogP contribution in [0.4, 0.5) is 0 Å². The van der Waals surface area contributed by atoms with Crippen LogP contribution in [0.2, 0.25) is 0 Å². The minimum Gasteiger partial charge on any atom is -0.492 e. The Balaban J connectivity index is 1.31. The van der Waals surface area contributed by atoms with E-state index in [1.54, 1.807) is 0 Å². The van der Waals surface area contributed by atoms with Crippen molar-refractivity contribution in [3.05, 3.63) is 108 Å². The molecule has 1 spiro atoms. The fraction of sp³-hybridized carbons (Fsp3) is 0.194. The molecule has 1 fully saturated rings. The molecule has 0 unspecified atom stereocenters. The molecule has 3 N–H and O–H groups in total. The van der Waals surface area contributed by atoms with Gasteiger partial charge in [-0.05, 0) is 67.4 Å². The molecule has 3 aromatic carbocycles. The highest BCUT2D eigenvalue weighted by Crippen LogP contribution is 2.48. The molecule has 1 aliphatic carbocycles. The number of benzene rings is 3. The average molecular weight is 476 g/mol. The lowest BCUT2D eigenvalue weighted by molar-refractivity contribution is 0.0947. The van der Waals surface area contributed by atoms with Crippen LogP contribution in [0.1, 0.15) is 35.3 Å². The van der Waals surface area contributed by atoms with Crippen LogP contribution < -0.4 is 15.4 Å². The number of fused-ring (bicyclic) bond motifs is 1. The molecule has 0 atom stereocenters. The molecule has 2 heterocycles. The van der Waals surface area contributed by atoms with Crippen LogP contribution >= 0.6 is 0 Å². The van der Waals surface area contributed by atoms with E-state index in [9.17, 15) is 4.79 Å². The Morgan fingerprint density at radius 2 is 1.75 bits per heavy atom. The van der Waals surface area contributed by atoms with Gasteiger partial charge in [0.25, 0.3) is 5.91 Å². The topological polar surface area (TPSA) is 66.1 Å². The summed E-state index contributed by atoms with van der Waals surface area (Å²) in [5, 5.41) is 7.67. The molecule has 5 nitrogen and oxygen atoms in total. The van der Waals surface area contributed by atoms with E-state index in [1.165, 1.54) is 12.0 Å². The maximum absolute atomic E-state index is 13.0. The number of para-hydroxylation sites is 1. The summed E-state index contributed by atoms with van der Waals surface area (Å²) in [5.74, 6) is 0.693. The van der Waals surface area contributed by atoms with Gasteiger partial charge in [-0.15, -0.1) is 0 Å². The first-order chi connectivity index (χ1) is 17.7. The number of rotatable bonds is 7. The fourth-order valence-corrected chi connectivity index (χ4v) is 5.25. The number of amides is 1. The molecule has 1 aromatic heterocycles. The molecule has 36 heavy (non-hydrogen) atoms. The van der Waals surface area contributed by atoms with Crippen LogP contribution in [0.5, 0.6) is 5.75 Å². The van der Waals surface area contributed by atoms with Gasteiger partial charge in [-0.2, -0.15) is 0 Å². The second-order valence-corrected chi connectivity index (χ2v) is 9.44. The number of aromatic nitrogens is 1. The van der Waals surface area contributed by atoms with Gasteiger partial charge >= 0.3 is 0 Å². The second-order valence-electron chi connectivity index (χ2n) is 9.44. The number of carbonyl (C=O) groups excluding carboxylic acids is 1. The Bertz CT molecular complexity index is 1450. The number of aromatic amines is 1. The summed E-state index contributed by atoms with van der Waals surface area (Å²) >= 11 is 0. The van der Waals surface area contributed by atoms with E-state index in [0.29, 0.717) is 18.7 Å². The van der Waals surface area contributed by atoms with Crippen LogP contribution in [-0.4, -0.2) is 29.6 Å². The van der Waals surface area contributed by atoms with E-state index in [1.807, 2.05) is 54.6 Å². The summed E-state index contributed by atoms with van der Waals surface area (Å²) in [5.41, 5.74) is 6.34. The van der Waals surface area contributed by atoms with Gasteiger partial charge in [0.15, 0.2) is 0 Å². The Kier molecular flexibility index (Phi) is 5.82. The van der Waals surface area contributed by atoms with Gasteiger partial charge < -0.3 is 20.4 Å². The number of carbonyl (C=O) groups is 1. The molecule has 0 saturated heterocycles. The number of H-pyrrole nitrogens is 1. The third-order valence-electron chi connectivity index (χ3n) is 7.23. The summed E-state index contributed by atoms with van der Waals surface area (Å²) in [7, 11) is 0. The van der Waals surface area contributed by atoms with Crippen molar-refractivity contribution in [2.24, 2.45) is 0 Å². The largest absolute Gasteiger partial charge is 0.492 e. The molecule has 0 bridgehead atoms. The summed E-state index contributed by atoms with van der Waals surface area (Å²) < 4.78 is 5.71. The van der Waals surface area contributed by atoms with Crippen LogP contribution in [0, 0.1) is 0 Å². The predicted molar refractivity (Wildman–Crippen MR) is 145 cm³/mol. The van der Waals surface area contributed by atoms with Gasteiger partial charge in [0.05, 0.1) is 17.8 Å². The van der Waals surface area contributed by atoms with Gasteiger partial charge in [0.1, 0.15) is 12.4 Å². The Hall–Kier alpha value is -4.25. The zero-order valence-corrected chi connectivity index (χ0v) is 20.1. The first-order valence-corrected chi connectivity index (χ1v) is 12.6. The minimum atomic E-state index is -0.104. The zero-order valence-electron chi connectivity index (χ0n) is 20.1. The number of hydrogen-bond donors (Lipinski definition) is 3. The van der Waals surface area contributed by atoms with E-state index in [4.69, 9.17) is 4.74 Å². The smallest absolute Gasteiger partial charge is 0.251 e. The van der Waals surface area contributed by atoms with Crippen molar-refractivity contribution >= 4 is 22.4 Å². The number of ether oxygens (including phenoxy) is 1. The normalized spacial score (nSPS) is 15.7. The Labute approximate surface area is 210 Å². The summed E-state index contributed by atoms with van der Waals surface area (Å²) in [6.45, 7) is 0.849. The molecule has 1 amide bonds. The first-order valence-electron chi connectivity index (χ1n) is 12.6. The van der Waals surface area contributed by atoms with Gasteiger partial charge in [0, 0.05) is 27.6 Å². The monoisotopic (exact) mass is 475 g/mol. The van der Waals surface area contributed by atoms with Gasteiger partial charge in [-0.25, -0.2) is 0 Å². The third-order valence-corrected chi connectivity index (χ3v) is 7.23. The fourth-order valence-electron chi connectivity index (χ4n) is 5.25. The molecule has 2 aliphatic rings. The van der Waals surface area contributed by atoms with Crippen LogP contribution in [0.3, 0.4) is 0 Å². The highest BCUT2D eigenvalue weighted by molar-refractivity contribution is 6.06. The van der Waals surface area contributed by atoms with E-state index in [2.05, 4.69) is 58.2 Å². The first kappa shape index (κ1) is 22.2. The van der Waals surface area contributed by atoms with Crippen molar-refractivity contribution in [2.75, 3.05) is 13.2 Å². The van der Waals surface area contributed by atoms with Crippen LogP contribution in [0.15, 0.2) is 97.2 Å². The molecule has 5 heteroatoms.